The van der Waals surface area contributed by atoms with E-state index < -0.39 is 281 Å². The molecule has 0 spiro atoms. The molecule has 4 rings (SSSR count). The van der Waals surface area contributed by atoms with Gasteiger partial charge in [-0.15, -0.1) is 0 Å². The van der Waals surface area contributed by atoms with E-state index in [9.17, 15) is 157 Å². The number of carboxylic acids is 12. The Hall–Kier alpha value is -11.2. The summed E-state index contributed by atoms with van der Waals surface area (Å²) in [5, 5.41) is 128. The predicted molar refractivity (Wildman–Crippen MR) is 480 cm³/mol. The van der Waals surface area contributed by atoms with Crippen LogP contribution in [0.3, 0.4) is 0 Å². The highest BCUT2D eigenvalue weighted by Gasteiger charge is 2.37. The lowest BCUT2D eigenvalue weighted by atomic mass is 9.86. The molecule has 776 valence electrons. The van der Waals surface area contributed by atoms with Crippen LogP contribution in [-0.4, -0.2) is 673 Å². The Kier molecular flexibility index (Phi) is 53.9. The number of amides is 8. The molecule has 0 aliphatic carbocycles. The molecule has 4 heterocycles. The van der Waals surface area contributed by atoms with Crippen molar-refractivity contribution in [1.82, 2.24) is 119 Å². The van der Waals surface area contributed by atoms with Crippen LogP contribution in [0.5, 0.6) is 0 Å². The van der Waals surface area contributed by atoms with Crippen molar-refractivity contribution in [3.8, 4) is 0 Å². The fourth-order valence-electron chi connectivity index (χ4n) is 15.3. The van der Waals surface area contributed by atoms with Gasteiger partial charge in [0.05, 0.1) is 131 Å². The quantitative estimate of drug-likeness (QED) is 0.0269. The van der Waals surface area contributed by atoms with E-state index in [-0.39, 0.29) is 209 Å². The van der Waals surface area contributed by atoms with Crippen LogP contribution in [0, 0.1) is 5.41 Å². The summed E-state index contributed by atoms with van der Waals surface area (Å²) in [6.45, 7) is -11.6. The molecule has 137 heavy (non-hydrogen) atoms. The molecule has 0 atom stereocenters. The van der Waals surface area contributed by atoms with E-state index in [1.165, 1.54) is 87.0 Å². The van der Waals surface area contributed by atoms with Crippen LogP contribution >= 0.6 is 0 Å². The first-order valence-corrected chi connectivity index (χ1v) is 44.8. The fraction of sp³-hybridized carbons (Fsp3) is 0.753. The summed E-state index contributed by atoms with van der Waals surface area (Å²) in [6.07, 6.45) is 0. The molecule has 16 N–H and O–H groups in total. The smallest absolute Gasteiger partial charge is 0.317 e. The molecule has 4 fully saturated rings. The number of likely N-dealkylation sites (N-methyl/N-ethyl adjacent to an activating group) is 4. The minimum absolute atomic E-state index is 0.00710. The summed E-state index contributed by atoms with van der Waals surface area (Å²) in [6, 6.07) is 0. The van der Waals surface area contributed by atoms with Gasteiger partial charge in [0.1, 0.15) is 0 Å². The minimum Gasteiger partial charge on any atom is -0.480 e. The number of carbonyl (C=O) groups excluding carboxylic acids is 8. The van der Waals surface area contributed by atoms with Crippen LogP contribution in [0.15, 0.2) is 0 Å². The third-order valence-corrected chi connectivity index (χ3v) is 23.3. The average Bonchev–Trinajstić information content (AvgIpc) is 0.843. The van der Waals surface area contributed by atoms with Gasteiger partial charge >= 0.3 is 71.6 Å². The van der Waals surface area contributed by atoms with Crippen LogP contribution in [0.2, 0.25) is 0 Å². The van der Waals surface area contributed by atoms with Crippen molar-refractivity contribution in [3.05, 3.63) is 0 Å². The number of aliphatic carboxylic acids is 12. The molecule has 4 aliphatic heterocycles. The zero-order valence-electron chi connectivity index (χ0n) is 78.6. The predicted octanol–water partition coefficient (Wildman–Crippen LogP) is -13.8. The molecule has 0 unspecified atom stereocenters. The van der Waals surface area contributed by atoms with E-state index >= 15 is 0 Å². The number of carboxylic acid groups (broad SMARTS) is 12. The highest BCUT2D eigenvalue weighted by Crippen LogP contribution is 2.16. The molecule has 0 aromatic heterocycles. The summed E-state index contributed by atoms with van der Waals surface area (Å²) < 4.78 is 0. The lowest BCUT2D eigenvalue weighted by molar-refractivity contribution is -0.141. The minimum atomic E-state index is -1.87. The van der Waals surface area contributed by atoms with Gasteiger partial charge in [-0.3, -0.25) is 174 Å². The van der Waals surface area contributed by atoms with Crippen LogP contribution in [0.4, 0.5) is 0 Å². The van der Waals surface area contributed by atoms with E-state index in [0.29, 0.717) is 0 Å². The van der Waals surface area contributed by atoms with E-state index in [4.69, 9.17) is 0 Å². The lowest BCUT2D eigenvalue weighted by Gasteiger charge is -2.36. The summed E-state index contributed by atoms with van der Waals surface area (Å²) in [5.74, 6) is -20.8. The van der Waals surface area contributed by atoms with E-state index in [1.54, 1.807) is 19.6 Å². The SMILES string of the molecule is CN(CC(=O)NCC(CNC(=O)CN(C)C(=O)CN1CCN(CC(=O)O)CCN(CC(=O)O)CCN(CC(=O)O)CC1)(CNC(=O)CN(C)C(=O)CN1CCN(CC(=O)O)CCN(CC(=O)O)CCN(CC(=O)O)CC1)CNC(=O)CN(C)C(=O)CN1CCN(CC(=O)O)CCN(CC(=O)O)CCN(CC(=O)O)CC1)C(=O)CN1CCN(CC(=O)O)CCN(CC(=O)O)CCN(CC(=O)O)CC1. The number of nitrogens with zero attached hydrogens (tertiary/aromatic N) is 20. The number of hydrogen-bond acceptors (Lipinski definition) is 36. The molecule has 4 saturated heterocycles. The zero-order chi connectivity index (χ0) is 102. The van der Waals surface area contributed by atoms with E-state index in [1.807, 2.05) is 0 Å². The normalized spacial score (nSPS) is 18.3. The van der Waals surface area contributed by atoms with Gasteiger partial charge in [0.15, 0.2) is 0 Å². The average molecular weight is 1960 g/mol. The first-order chi connectivity index (χ1) is 64.6. The van der Waals surface area contributed by atoms with Crippen LogP contribution in [-0.2, 0) is 95.9 Å². The summed E-state index contributed by atoms with van der Waals surface area (Å²) in [7, 11) is 5.08. The summed E-state index contributed by atoms with van der Waals surface area (Å²) >= 11 is 0. The number of nitrogens with one attached hydrogen (secondary N) is 4. The molecular weight excluding hydrogens is 1820 g/mol. The monoisotopic (exact) mass is 1960 g/mol. The second kappa shape index (κ2) is 62.6. The highest BCUT2D eigenvalue weighted by atomic mass is 16.4. The maximum absolute atomic E-state index is 14.6. The summed E-state index contributed by atoms with van der Waals surface area (Å²) in [4.78, 5) is 289. The van der Waals surface area contributed by atoms with Crippen molar-refractivity contribution in [2.75, 3.05) is 395 Å². The van der Waals surface area contributed by atoms with Crippen LogP contribution in [0.25, 0.3) is 0 Å². The van der Waals surface area contributed by atoms with Gasteiger partial charge in [-0.25, -0.2) is 0 Å². The third-order valence-electron chi connectivity index (χ3n) is 23.3. The molecule has 0 saturated carbocycles. The maximum Gasteiger partial charge on any atom is 0.317 e. The zero-order valence-corrected chi connectivity index (χ0v) is 78.6. The Labute approximate surface area is 792 Å². The van der Waals surface area contributed by atoms with Gasteiger partial charge in [-0.05, 0) is 0 Å². The second-order valence-electron chi connectivity index (χ2n) is 34.7. The van der Waals surface area contributed by atoms with Crippen molar-refractivity contribution in [3.63, 3.8) is 0 Å². The Morgan fingerprint density at radius 3 is 0.350 bits per heavy atom. The molecule has 4 aliphatic rings. The number of carbonyl (C=O) groups is 20. The lowest BCUT2D eigenvalue weighted by Crippen LogP contribution is -2.59. The molecule has 0 aromatic carbocycles. The van der Waals surface area contributed by atoms with Crippen molar-refractivity contribution in [2.24, 2.45) is 5.41 Å². The Balaban J connectivity index is 1.82. The van der Waals surface area contributed by atoms with Gasteiger partial charge in [-0.2, -0.15) is 0 Å². The van der Waals surface area contributed by atoms with Gasteiger partial charge in [0, 0.05) is 269 Å². The molecule has 56 nitrogen and oxygen atoms in total. The third kappa shape index (κ3) is 52.8. The Morgan fingerprint density at radius 1 is 0.175 bits per heavy atom. The van der Waals surface area contributed by atoms with Gasteiger partial charge in [-0.1, -0.05) is 0 Å². The van der Waals surface area contributed by atoms with Crippen molar-refractivity contribution in [1.29, 1.82) is 0 Å². The molecule has 0 aromatic rings. The van der Waals surface area contributed by atoms with E-state index in [0.717, 1.165) is 19.6 Å². The van der Waals surface area contributed by atoms with E-state index in [2.05, 4.69) is 21.3 Å². The summed E-state index contributed by atoms with van der Waals surface area (Å²) in [5.41, 5.74) is -1.87. The van der Waals surface area contributed by atoms with Crippen molar-refractivity contribution in [2.45, 2.75) is 0 Å². The maximum atomic E-state index is 14.6. The van der Waals surface area contributed by atoms with Gasteiger partial charge in [0.2, 0.25) is 47.3 Å². The number of hydrogen-bond donors (Lipinski definition) is 16. The Morgan fingerprint density at radius 2 is 0.263 bits per heavy atom. The van der Waals surface area contributed by atoms with Gasteiger partial charge in [0.25, 0.3) is 0 Å². The van der Waals surface area contributed by atoms with Gasteiger partial charge < -0.3 is 102 Å². The van der Waals surface area contributed by atoms with Crippen molar-refractivity contribution < 1.29 is 157 Å². The number of rotatable bonds is 48. The van der Waals surface area contributed by atoms with Crippen LogP contribution in [0.1, 0.15) is 0 Å². The molecule has 56 heteroatoms. The fourth-order valence-corrected chi connectivity index (χ4v) is 15.3. The highest BCUT2D eigenvalue weighted by molar-refractivity contribution is 5.89. The molecular formula is C81H140N24O32. The Bertz CT molecular complexity index is 3390. The van der Waals surface area contributed by atoms with Crippen molar-refractivity contribution >= 4 is 119 Å². The first-order valence-electron chi connectivity index (χ1n) is 44.8. The van der Waals surface area contributed by atoms with Crippen LogP contribution < -0.4 is 21.3 Å². The molecule has 8 amide bonds. The second-order valence-corrected chi connectivity index (χ2v) is 34.7. The molecule has 0 radical (unpaired) electrons. The molecule has 0 bridgehead atoms. The standard InChI is InChI=1S/C81H140N24O32/c1-86(65(110)41-90-5-13-94(45-69(114)115)21-29-102(53-77(130)131)30-22-95(14-6-90)46-70(116)117)37-61(106)82-57-81(58-83-62(107)38-87(2)66(111)42-91-7-15-96(47-71(118)119)23-31-103(54-78(132)133)32-24-97(16-8-91)48-72(120)121,59-84-63(108)39-88(3)67(112)43-92-9-17-98(49-73(122)123)25-33-104(55-79(134)135)34-26-99(18-10-92)50-74(124)125)60-85-64(109)40-89(4)68(113)44-93-11-19-100(51-75(126)127)27-35-105(56-80(136)137)36-28-101(20-12-93)52-76(128)129/h5-60H2,1-4H3,(H,82,106)(H,83,107)(H,84,108)(H,85,109)(H,114,115)(H,116,117)(H,118,119)(H,120,121)(H,122,123)(H,124,125)(H,126,127)(H,128,129)(H,130,131)(H,132,133)(H,134,135)(H,136,137). The largest absolute Gasteiger partial charge is 0.480 e. The first kappa shape index (κ1) is 118. The topological polar surface area (TPSA) is 697 Å².